The van der Waals surface area contributed by atoms with Crippen molar-refractivity contribution in [2.75, 3.05) is 0 Å². The van der Waals surface area contributed by atoms with Crippen LogP contribution in [0, 0.1) is 0 Å². The van der Waals surface area contributed by atoms with Crippen LogP contribution < -0.4 is 0 Å². The Morgan fingerprint density at radius 2 is 1.83 bits per heavy atom. The summed E-state index contributed by atoms with van der Waals surface area (Å²) in [6.07, 6.45) is -1.51. The van der Waals surface area contributed by atoms with Crippen LogP contribution in [0.4, 0.5) is 0 Å². The molecule has 100 valence electrons. The Morgan fingerprint density at radius 3 is 2.28 bits per heavy atom. The van der Waals surface area contributed by atoms with Gasteiger partial charge in [-0.1, -0.05) is 73.9 Å². The fourth-order valence-corrected chi connectivity index (χ4v) is 3.13. The summed E-state index contributed by atoms with van der Waals surface area (Å²) in [5.41, 5.74) is 0.177. The van der Waals surface area contributed by atoms with Crippen LogP contribution in [-0.2, 0) is 0 Å². The molecule has 8 heteroatoms. The third-order valence-corrected chi connectivity index (χ3v) is 4.19. The summed E-state index contributed by atoms with van der Waals surface area (Å²) in [5.74, 6) is -0.504. The molecule has 0 radical (unpaired) electrons. The zero-order chi connectivity index (χ0) is 14.1. The van der Waals surface area contributed by atoms with Crippen molar-refractivity contribution < 1.29 is 9.90 Å². The summed E-state index contributed by atoms with van der Waals surface area (Å²) in [6, 6.07) is 4.35. The average molecular weight is 415 g/mol. The molecule has 0 aromatic heterocycles. The van der Waals surface area contributed by atoms with E-state index in [9.17, 15) is 9.90 Å². The number of halogens is 6. The van der Waals surface area contributed by atoms with E-state index in [0.717, 1.165) is 0 Å². The monoisotopic (exact) mass is 412 g/mol. The van der Waals surface area contributed by atoms with Gasteiger partial charge in [-0.3, -0.25) is 4.79 Å². The lowest BCUT2D eigenvalue weighted by Crippen LogP contribution is -2.38. The Balaban J connectivity index is 3.00. The molecule has 2 atom stereocenters. The normalized spacial score (nSPS) is 15.3. The molecule has 0 amide bonds. The molecule has 0 aliphatic rings. The number of carbonyl (C=O) groups excluding carboxylic acids is 1. The van der Waals surface area contributed by atoms with Crippen molar-refractivity contribution in [3.63, 3.8) is 0 Å². The lowest BCUT2D eigenvalue weighted by atomic mass is 10.1. The highest BCUT2D eigenvalue weighted by Gasteiger charge is 2.40. The van der Waals surface area contributed by atoms with Crippen LogP contribution in [0.3, 0.4) is 0 Å². The van der Waals surface area contributed by atoms with Crippen molar-refractivity contribution in [1.82, 2.24) is 0 Å². The highest BCUT2D eigenvalue weighted by molar-refractivity contribution is 9.10. The molecule has 0 unspecified atom stereocenters. The molecule has 0 bridgehead atoms. The number of hydrogen-bond acceptors (Lipinski definition) is 2. The minimum atomic E-state index is -1.98. The first-order valence-electron chi connectivity index (χ1n) is 4.52. The van der Waals surface area contributed by atoms with Crippen LogP contribution in [0.2, 0.25) is 10.0 Å². The summed E-state index contributed by atoms with van der Waals surface area (Å²) in [6.45, 7) is 0. The fraction of sp³-hybridized carbons (Fsp3) is 0.300. The molecule has 0 saturated heterocycles. The van der Waals surface area contributed by atoms with Gasteiger partial charge in [0.05, 0.1) is 5.02 Å². The van der Waals surface area contributed by atoms with E-state index in [0.29, 0.717) is 5.02 Å². The van der Waals surface area contributed by atoms with Crippen molar-refractivity contribution in [2.24, 2.45) is 0 Å². The van der Waals surface area contributed by atoms with Crippen LogP contribution in [-0.4, -0.2) is 25.6 Å². The molecule has 0 saturated carbocycles. The quantitative estimate of drug-likeness (QED) is 0.576. The van der Waals surface area contributed by atoms with E-state index in [2.05, 4.69) is 15.9 Å². The zero-order valence-corrected chi connectivity index (χ0v) is 13.9. The van der Waals surface area contributed by atoms with Crippen molar-refractivity contribution in [2.45, 2.75) is 14.7 Å². The third kappa shape index (κ3) is 4.14. The van der Waals surface area contributed by atoms with Crippen LogP contribution >= 0.6 is 73.9 Å². The van der Waals surface area contributed by atoms with Crippen LogP contribution in [0.25, 0.3) is 0 Å². The van der Waals surface area contributed by atoms with E-state index in [1.165, 1.54) is 18.2 Å². The largest absolute Gasteiger partial charge is 0.387 e. The number of carbonyl (C=O) groups is 1. The number of benzene rings is 1. The highest BCUT2D eigenvalue weighted by atomic mass is 79.9. The van der Waals surface area contributed by atoms with Gasteiger partial charge in [-0.25, -0.2) is 0 Å². The summed E-state index contributed by atoms with van der Waals surface area (Å²) in [5, 5.41) is 10.3. The second kappa shape index (κ2) is 6.49. The Kier molecular flexibility index (Phi) is 6.07. The standard InChI is InChI=1S/C10H6BrCl5O2/c11-7(9(18)10(14,15)16)8(17)5-2-1-4(12)3-6(5)13/h1-3,7,9,18H/t7-,9-/m1/s1. The Bertz CT molecular complexity index is 460. The summed E-state index contributed by atoms with van der Waals surface area (Å²) in [4.78, 5) is 11.0. The summed E-state index contributed by atoms with van der Waals surface area (Å²) < 4.78 is -1.98. The van der Waals surface area contributed by atoms with Gasteiger partial charge in [0.15, 0.2) is 5.78 Å². The van der Waals surface area contributed by atoms with Gasteiger partial charge in [-0.2, -0.15) is 0 Å². The smallest absolute Gasteiger partial charge is 0.217 e. The molecule has 0 heterocycles. The van der Waals surface area contributed by atoms with Gasteiger partial charge in [0.2, 0.25) is 3.79 Å². The third-order valence-electron chi connectivity index (χ3n) is 2.06. The van der Waals surface area contributed by atoms with E-state index in [1.54, 1.807) is 0 Å². The molecule has 1 rings (SSSR count). The number of hydrogen-bond donors (Lipinski definition) is 1. The average Bonchev–Trinajstić information content (AvgIpc) is 2.25. The second-order valence-electron chi connectivity index (χ2n) is 3.38. The first-order chi connectivity index (χ1) is 8.14. The van der Waals surface area contributed by atoms with Gasteiger partial charge in [-0.05, 0) is 18.2 Å². The Hall–Kier alpha value is 0.780. The summed E-state index contributed by atoms with van der Waals surface area (Å²) >= 11 is 31.1. The van der Waals surface area contributed by atoms with Crippen molar-refractivity contribution in [3.05, 3.63) is 33.8 Å². The maximum Gasteiger partial charge on any atom is 0.217 e. The second-order valence-corrected chi connectivity index (χ2v) is 7.58. The molecule has 0 aliphatic heterocycles. The van der Waals surface area contributed by atoms with Crippen LogP contribution in [0.1, 0.15) is 10.4 Å². The van der Waals surface area contributed by atoms with Gasteiger partial charge in [-0.15, -0.1) is 0 Å². The Labute approximate surface area is 137 Å². The van der Waals surface area contributed by atoms with Crippen LogP contribution in [0.5, 0.6) is 0 Å². The van der Waals surface area contributed by atoms with Gasteiger partial charge >= 0.3 is 0 Å². The molecule has 18 heavy (non-hydrogen) atoms. The molecular formula is C10H6BrCl5O2. The number of rotatable bonds is 3. The summed E-state index contributed by atoms with van der Waals surface area (Å²) in [7, 11) is 0. The van der Waals surface area contributed by atoms with Crippen LogP contribution in [0.15, 0.2) is 18.2 Å². The van der Waals surface area contributed by atoms with Gasteiger partial charge in [0.25, 0.3) is 0 Å². The minimum absolute atomic E-state index is 0.161. The first-order valence-corrected chi connectivity index (χ1v) is 7.33. The number of Topliss-reactive ketones (excluding diaryl/α,β-unsaturated/α-hetero) is 1. The van der Waals surface area contributed by atoms with E-state index in [-0.39, 0.29) is 10.6 Å². The molecule has 0 spiro atoms. The van der Waals surface area contributed by atoms with Crippen molar-refractivity contribution >= 4 is 79.7 Å². The topological polar surface area (TPSA) is 37.3 Å². The molecule has 1 aromatic carbocycles. The fourth-order valence-electron chi connectivity index (χ4n) is 1.15. The number of alkyl halides is 4. The number of aliphatic hydroxyl groups is 1. The maximum atomic E-state index is 12.1. The van der Waals surface area contributed by atoms with Gasteiger partial charge < -0.3 is 5.11 Å². The Morgan fingerprint density at radius 1 is 1.28 bits per heavy atom. The molecule has 0 aliphatic carbocycles. The van der Waals surface area contributed by atoms with Gasteiger partial charge in [0, 0.05) is 10.6 Å². The maximum absolute atomic E-state index is 12.1. The SMILES string of the molecule is O=C(c1ccc(Cl)cc1Cl)[C@@H](Br)[C@@H](O)C(Cl)(Cl)Cl. The van der Waals surface area contributed by atoms with Crippen molar-refractivity contribution in [1.29, 1.82) is 0 Å². The van der Waals surface area contributed by atoms with E-state index in [1.807, 2.05) is 0 Å². The number of aliphatic hydroxyl groups excluding tert-OH is 1. The predicted molar refractivity (Wildman–Crippen MR) is 79.8 cm³/mol. The zero-order valence-electron chi connectivity index (χ0n) is 8.51. The van der Waals surface area contributed by atoms with E-state index < -0.39 is 20.5 Å². The van der Waals surface area contributed by atoms with E-state index in [4.69, 9.17) is 58.0 Å². The predicted octanol–water partition coefficient (Wildman–Crippen LogP) is 4.67. The lowest BCUT2D eigenvalue weighted by molar-refractivity contribution is 0.0906. The van der Waals surface area contributed by atoms with Crippen molar-refractivity contribution in [3.8, 4) is 0 Å². The molecule has 2 nitrogen and oxygen atoms in total. The lowest BCUT2D eigenvalue weighted by Gasteiger charge is -2.23. The van der Waals surface area contributed by atoms with Gasteiger partial charge in [0.1, 0.15) is 10.9 Å². The molecule has 1 N–H and O–H groups in total. The molecule has 1 aromatic rings. The molecule has 0 fully saturated rings. The van der Waals surface area contributed by atoms with E-state index >= 15 is 0 Å². The first kappa shape index (κ1) is 16.8. The highest BCUT2D eigenvalue weighted by Crippen LogP contribution is 2.35. The molecular weight excluding hydrogens is 409 g/mol. The number of ketones is 1. The minimum Gasteiger partial charge on any atom is -0.387 e.